The number of amides is 1. The van der Waals surface area contributed by atoms with E-state index in [2.05, 4.69) is 4.98 Å². The Bertz CT molecular complexity index is 508. The summed E-state index contributed by atoms with van der Waals surface area (Å²) in [4.78, 5) is 27.2. The van der Waals surface area contributed by atoms with Gasteiger partial charge in [0, 0.05) is 12.6 Å². The number of primary amides is 1. The van der Waals surface area contributed by atoms with Gasteiger partial charge >= 0.3 is 5.69 Å². The number of anilines is 1. The van der Waals surface area contributed by atoms with Crippen LogP contribution in [0.1, 0.15) is 12.8 Å². The fraction of sp³-hybridized carbons (Fsp3) is 0.400. The van der Waals surface area contributed by atoms with Crippen molar-refractivity contribution in [3.8, 4) is 0 Å². The maximum atomic E-state index is 11.3. The number of pyridine rings is 1. The van der Waals surface area contributed by atoms with E-state index in [0.29, 0.717) is 13.0 Å². The molecular weight excluding hydrogens is 260 g/mol. The van der Waals surface area contributed by atoms with Gasteiger partial charge in [-0.15, -0.1) is 0 Å². The molecule has 18 heavy (non-hydrogen) atoms. The normalized spacial score (nSPS) is 18.9. The fourth-order valence-electron chi connectivity index (χ4n) is 2.09. The van der Waals surface area contributed by atoms with Gasteiger partial charge in [0.2, 0.25) is 11.7 Å². The fourth-order valence-corrected chi connectivity index (χ4v) is 2.23. The van der Waals surface area contributed by atoms with Gasteiger partial charge in [0.1, 0.15) is 11.2 Å². The van der Waals surface area contributed by atoms with E-state index in [4.69, 9.17) is 17.3 Å². The Hall–Kier alpha value is -1.89. The molecule has 0 spiro atoms. The molecule has 1 fully saturated rings. The quantitative estimate of drug-likeness (QED) is 0.503. The van der Waals surface area contributed by atoms with Gasteiger partial charge in [-0.05, 0) is 18.9 Å². The Morgan fingerprint density at radius 1 is 1.61 bits per heavy atom. The first-order chi connectivity index (χ1) is 8.50. The smallest absolute Gasteiger partial charge is 0.311 e. The largest absolute Gasteiger partial charge is 0.368 e. The lowest BCUT2D eigenvalue weighted by Gasteiger charge is -2.22. The highest BCUT2D eigenvalue weighted by molar-refractivity contribution is 6.29. The number of rotatable bonds is 3. The lowest BCUT2D eigenvalue weighted by molar-refractivity contribution is -0.384. The molecule has 1 aromatic heterocycles. The molecule has 7 nitrogen and oxygen atoms in total. The van der Waals surface area contributed by atoms with Crippen LogP contribution in [0.15, 0.2) is 12.1 Å². The van der Waals surface area contributed by atoms with Crippen molar-refractivity contribution < 1.29 is 9.72 Å². The Kier molecular flexibility index (Phi) is 3.33. The van der Waals surface area contributed by atoms with Crippen molar-refractivity contribution in [2.24, 2.45) is 5.73 Å². The highest BCUT2D eigenvalue weighted by atomic mass is 35.5. The average Bonchev–Trinajstić information content (AvgIpc) is 2.77. The van der Waals surface area contributed by atoms with Crippen molar-refractivity contribution in [1.29, 1.82) is 0 Å². The van der Waals surface area contributed by atoms with E-state index in [-0.39, 0.29) is 16.7 Å². The van der Waals surface area contributed by atoms with Gasteiger partial charge in [-0.1, -0.05) is 11.6 Å². The standard InChI is InChI=1S/C10H11ClN4O3/c11-8-4-3-7(15(17)18)10(13-8)14-5-1-2-6(14)9(12)16/h3-4,6H,1-2,5H2,(H2,12,16). The maximum absolute atomic E-state index is 11.3. The van der Waals surface area contributed by atoms with Gasteiger partial charge < -0.3 is 10.6 Å². The topological polar surface area (TPSA) is 102 Å². The van der Waals surface area contributed by atoms with Crippen LogP contribution in [0.4, 0.5) is 11.5 Å². The zero-order valence-corrected chi connectivity index (χ0v) is 10.1. The summed E-state index contributed by atoms with van der Waals surface area (Å²) in [6, 6.07) is 2.06. The number of nitrogens with zero attached hydrogens (tertiary/aromatic N) is 3. The van der Waals surface area contributed by atoms with Crippen molar-refractivity contribution in [2.75, 3.05) is 11.4 Å². The third kappa shape index (κ3) is 2.21. The van der Waals surface area contributed by atoms with Crippen LogP contribution in [0.5, 0.6) is 0 Å². The van der Waals surface area contributed by atoms with Crippen LogP contribution in [-0.4, -0.2) is 28.4 Å². The molecule has 1 atom stereocenters. The van der Waals surface area contributed by atoms with E-state index >= 15 is 0 Å². The van der Waals surface area contributed by atoms with Crippen molar-refractivity contribution in [1.82, 2.24) is 4.98 Å². The summed E-state index contributed by atoms with van der Waals surface area (Å²) in [5, 5.41) is 11.1. The first-order valence-corrected chi connectivity index (χ1v) is 5.75. The second kappa shape index (κ2) is 4.77. The highest BCUT2D eigenvalue weighted by Gasteiger charge is 2.34. The van der Waals surface area contributed by atoms with Crippen LogP contribution in [-0.2, 0) is 4.79 Å². The second-order valence-corrected chi connectivity index (χ2v) is 4.37. The average molecular weight is 271 g/mol. The number of carbonyl (C=O) groups is 1. The molecule has 1 amide bonds. The van der Waals surface area contributed by atoms with Crippen LogP contribution in [0, 0.1) is 10.1 Å². The van der Waals surface area contributed by atoms with E-state index in [0.717, 1.165) is 6.42 Å². The summed E-state index contributed by atoms with van der Waals surface area (Å²) >= 11 is 5.75. The van der Waals surface area contributed by atoms with Crippen LogP contribution < -0.4 is 10.6 Å². The van der Waals surface area contributed by atoms with E-state index in [1.807, 2.05) is 0 Å². The highest BCUT2D eigenvalue weighted by Crippen LogP contribution is 2.32. The van der Waals surface area contributed by atoms with Gasteiger partial charge in [-0.2, -0.15) is 0 Å². The monoisotopic (exact) mass is 270 g/mol. The molecule has 96 valence electrons. The summed E-state index contributed by atoms with van der Waals surface area (Å²) in [6.07, 6.45) is 1.31. The molecule has 2 rings (SSSR count). The van der Waals surface area contributed by atoms with E-state index in [1.54, 1.807) is 4.90 Å². The zero-order chi connectivity index (χ0) is 13.3. The lowest BCUT2D eigenvalue weighted by atomic mass is 10.2. The molecule has 1 saturated heterocycles. The van der Waals surface area contributed by atoms with E-state index in [1.165, 1.54) is 12.1 Å². The van der Waals surface area contributed by atoms with Gasteiger partial charge in [-0.3, -0.25) is 14.9 Å². The molecule has 2 N–H and O–H groups in total. The molecule has 1 unspecified atom stereocenters. The summed E-state index contributed by atoms with van der Waals surface area (Å²) < 4.78 is 0. The number of halogens is 1. The molecular formula is C10H11ClN4O3. The van der Waals surface area contributed by atoms with Crippen LogP contribution in [0.25, 0.3) is 0 Å². The van der Waals surface area contributed by atoms with E-state index in [9.17, 15) is 14.9 Å². The molecule has 1 aliphatic heterocycles. The minimum atomic E-state index is -0.560. The Labute approximate surface area is 108 Å². The van der Waals surface area contributed by atoms with Crippen molar-refractivity contribution in [2.45, 2.75) is 18.9 Å². The number of nitrogens with two attached hydrogens (primary N) is 1. The van der Waals surface area contributed by atoms with Gasteiger partial charge in [0.05, 0.1) is 4.92 Å². The van der Waals surface area contributed by atoms with Gasteiger partial charge in [0.25, 0.3) is 0 Å². The molecule has 0 aromatic carbocycles. The molecule has 0 radical (unpaired) electrons. The molecule has 8 heteroatoms. The predicted octanol–water partition coefficient (Wildman–Crippen LogP) is 1.10. The maximum Gasteiger partial charge on any atom is 0.311 e. The van der Waals surface area contributed by atoms with Crippen LogP contribution in [0.2, 0.25) is 5.15 Å². The van der Waals surface area contributed by atoms with Crippen LogP contribution in [0.3, 0.4) is 0 Å². The first kappa shape index (κ1) is 12.6. The van der Waals surface area contributed by atoms with Gasteiger partial charge in [-0.25, -0.2) is 4.98 Å². The van der Waals surface area contributed by atoms with Gasteiger partial charge in [0.15, 0.2) is 0 Å². The minimum Gasteiger partial charge on any atom is -0.368 e. The summed E-state index contributed by atoms with van der Waals surface area (Å²) in [7, 11) is 0. The number of hydrogen-bond donors (Lipinski definition) is 1. The van der Waals surface area contributed by atoms with Crippen molar-refractivity contribution in [3.63, 3.8) is 0 Å². The molecule has 0 bridgehead atoms. The van der Waals surface area contributed by atoms with Crippen LogP contribution >= 0.6 is 11.6 Å². The van der Waals surface area contributed by atoms with Crippen molar-refractivity contribution >= 4 is 29.0 Å². The summed E-state index contributed by atoms with van der Waals surface area (Å²) in [6.45, 7) is 0.502. The number of aromatic nitrogens is 1. The number of hydrogen-bond acceptors (Lipinski definition) is 5. The lowest BCUT2D eigenvalue weighted by Crippen LogP contribution is -2.41. The number of nitro groups is 1. The Morgan fingerprint density at radius 2 is 2.33 bits per heavy atom. The summed E-state index contributed by atoms with van der Waals surface area (Å²) in [5.74, 6) is -0.405. The van der Waals surface area contributed by atoms with E-state index < -0.39 is 16.9 Å². The molecule has 2 heterocycles. The molecule has 1 aromatic rings. The third-order valence-electron chi connectivity index (χ3n) is 2.87. The predicted molar refractivity (Wildman–Crippen MR) is 65.5 cm³/mol. The third-order valence-corrected chi connectivity index (χ3v) is 3.08. The number of carbonyl (C=O) groups excluding carboxylic acids is 1. The molecule has 0 aliphatic carbocycles. The molecule has 0 saturated carbocycles. The Morgan fingerprint density at radius 3 is 2.94 bits per heavy atom. The Balaban J connectivity index is 2.46. The molecule has 1 aliphatic rings. The zero-order valence-electron chi connectivity index (χ0n) is 9.38. The first-order valence-electron chi connectivity index (χ1n) is 5.37. The minimum absolute atomic E-state index is 0.105. The van der Waals surface area contributed by atoms with Crippen molar-refractivity contribution in [3.05, 3.63) is 27.4 Å². The summed E-state index contributed by atoms with van der Waals surface area (Å²) in [5.41, 5.74) is 5.10. The second-order valence-electron chi connectivity index (χ2n) is 3.99. The SMILES string of the molecule is NC(=O)C1CCCN1c1nc(Cl)ccc1[N+](=O)[O-].